The first-order valence-corrected chi connectivity index (χ1v) is 7.85. The van der Waals surface area contributed by atoms with Crippen molar-refractivity contribution in [2.24, 2.45) is 0 Å². The summed E-state index contributed by atoms with van der Waals surface area (Å²) < 4.78 is 4.60. The highest BCUT2D eigenvalue weighted by Crippen LogP contribution is 2.11. The molecule has 0 saturated heterocycles. The van der Waals surface area contributed by atoms with Crippen LogP contribution in [0.15, 0.2) is 0 Å². The standard InChI is InChI=1S/C16H31NO3/c1-17(2)15(18)13-11-9-7-5-4-6-8-10-12-14-16(19)20-3/h4-14H2,1-3H3. The Balaban J connectivity index is 3.14. The van der Waals surface area contributed by atoms with Gasteiger partial charge in [-0.25, -0.2) is 0 Å². The van der Waals surface area contributed by atoms with Crippen molar-refractivity contribution in [1.82, 2.24) is 4.90 Å². The minimum Gasteiger partial charge on any atom is -0.469 e. The smallest absolute Gasteiger partial charge is 0.305 e. The van der Waals surface area contributed by atoms with Crippen molar-refractivity contribution in [2.45, 2.75) is 70.6 Å². The molecular weight excluding hydrogens is 254 g/mol. The third-order valence-corrected chi connectivity index (χ3v) is 3.50. The van der Waals surface area contributed by atoms with E-state index in [0.29, 0.717) is 12.8 Å². The summed E-state index contributed by atoms with van der Waals surface area (Å²) in [6, 6.07) is 0. The fraction of sp³-hybridized carbons (Fsp3) is 0.875. The van der Waals surface area contributed by atoms with Crippen LogP contribution in [0.1, 0.15) is 70.6 Å². The SMILES string of the molecule is COC(=O)CCCCCCCCCCCC(=O)N(C)C. The molecule has 0 spiro atoms. The van der Waals surface area contributed by atoms with Crippen molar-refractivity contribution < 1.29 is 14.3 Å². The lowest BCUT2D eigenvalue weighted by molar-refractivity contribution is -0.140. The zero-order valence-electron chi connectivity index (χ0n) is 13.5. The number of methoxy groups -OCH3 is 1. The maximum Gasteiger partial charge on any atom is 0.305 e. The van der Waals surface area contributed by atoms with E-state index in [1.165, 1.54) is 39.2 Å². The second-order valence-corrected chi connectivity index (χ2v) is 5.55. The second-order valence-electron chi connectivity index (χ2n) is 5.55. The van der Waals surface area contributed by atoms with Crippen molar-refractivity contribution in [3.05, 3.63) is 0 Å². The van der Waals surface area contributed by atoms with Crippen LogP contribution < -0.4 is 0 Å². The molecule has 0 unspecified atom stereocenters. The van der Waals surface area contributed by atoms with Gasteiger partial charge in [-0.3, -0.25) is 9.59 Å². The van der Waals surface area contributed by atoms with E-state index in [4.69, 9.17) is 0 Å². The Morgan fingerprint density at radius 1 is 0.750 bits per heavy atom. The molecule has 0 aromatic rings. The number of carbonyl (C=O) groups excluding carboxylic acids is 2. The van der Waals surface area contributed by atoms with Crippen LogP contribution >= 0.6 is 0 Å². The first kappa shape index (κ1) is 18.9. The molecule has 0 aromatic carbocycles. The molecule has 0 aliphatic carbocycles. The molecule has 0 saturated carbocycles. The molecule has 0 atom stereocenters. The lowest BCUT2D eigenvalue weighted by atomic mass is 10.1. The molecule has 0 heterocycles. The molecule has 0 aromatic heterocycles. The van der Waals surface area contributed by atoms with Crippen LogP contribution in [0.5, 0.6) is 0 Å². The first-order valence-electron chi connectivity index (χ1n) is 7.85. The van der Waals surface area contributed by atoms with Gasteiger partial charge in [0.15, 0.2) is 0 Å². The molecule has 4 heteroatoms. The van der Waals surface area contributed by atoms with Gasteiger partial charge in [-0.15, -0.1) is 0 Å². The fourth-order valence-electron chi connectivity index (χ4n) is 2.11. The number of esters is 1. The Hall–Kier alpha value is -1.06. The Labute approximate surface area is 123 Å². The molecule has 0 radical (unpaired) electrons. The Morgan fingerprint density at radius 3 is 1.55 bits per heavy atom. The van der Waals surface area contributed by atoms with Gasteiger partial charge in [-0.1, -0.05) is 44.9 Å². The predicted octanol–water partition coefficient (Wildman–Crippen LogP) is 3.54. The quantitative estimate of drug-likeness (QED) is 0.407. The van der Waals surface area contributed by atoms with Crippen molar-refractivity contribution in [3.63, 3.8) is 0 Å². The summed E-state index contributed by atoms with van der Waals surface area (Å²) in [4.78, 5) is 23.9. The van der Waals surface area contributed by atoms with Crippen LogP contribution in [0.25, 0.3) is 0 Å². The van der Waals surface area contributed by atoms with Crippen LogP contribution in [-0.4, -0.2) is 38.0 Å². The second kappa shape index (κ2) is 12.9. The normalized spacial score (nSPS) is 10.3. The van der Waals surface area contributed by atoms with E-state index in [9.17, 15) is 9.59 Å². The number of carbonyl (C=O) groups is 2. The maximum atomic E-state index is 11.3. The maximum absolute atomic E-state index is 11.3. The molecule has 0 aliphatic rings. The lowest BCUT2D eigenvalue weighted by Crippen LogP contribution is -2.20. The van der Waals surface area contributed by atoms with Gasteiger partial charge in [-0.2, -0.15) is 0 Å². The summed E-state index contributed by atoms with van der Waals surface area (Å²) in [6.07, 6.45) is 11.7. The van der Waals surface area contributed by atoms with Crippen LogP contribution in [-0.2, 0) is 14.3 Å². The summed E-state index contributed by atoms with van der Waals surface area (Å²) in [5.41, 5.74) is 0. The summed E-state index contributed by atoms with van der Waals surface area (Å²) in [6.45, 7) is 0. The molecule has 118 valence electrons. The number of unbranched alkanes of at least 4 members (excludes halogenated alkanes) is 8. The summed E-state index contributed by atoms with van der Waals surface area (Å²) in [5, 5.41) is 0. The van der Waals surface area contributed by atoms with Gasteiger partial charge in [0.25, 0.3) is 0 Å². The van der Waals surface area contributed by atoms with Gasteiger partial charge in [-0.05, 0) is 12.8 Å². The fourth-order valence-corrected chi connectivity index (χ4v) is 2.11. The molecule has 0 N–H and O–H groups in total. The van der Waals surface area contributed by atoms with Crippen molar-refractivity contribution in [1.29, 1.82) is 0 Å². The highest BCUT2D eigenvalue weighted by molar-refractivity contribution is 5.75. The van der Waals surface area contributed by atoms with E-state index in [0.717, 1.165) is 25.7 Å². The average Bonchev–Trinajstić information content (AvgIpc) is 2.43. The van der Waals surface area contributed by atoms with E-state index < -0.39 is 0 Å². The molecule has 4 nitrogen and oxygen atoms in total. The van der Waals surface area contributed by atoms with E-state index in [1.54, 1.807) is 4.90 Å². The van der Waals surface area contributed by atoms with Gasteiger partial charge in [0.05, 0.1) is 7.11 Å². The molecular formula is C16H31NO3. The Bertz CT molecular complexity index is 264. The minimum atomic E-state index is -0.0997. The predicted molar refractivity (Wildman–Crippen MR) is 81.5 cm³/mol. The Kier molecular flexibility index (Phi) is 12.3. The largest absolute Gasteiger partial charge is 0.469 e. The Morgan fingerprint density at radius 2 is 1.15 bits per heavy atom. The van der Waals surface area contributed by atoms with Crippen LogP contribution in [0, 0.1) is 0 Å². The van der Waals surface area contributed by atoms with Gasteiger partial charge < -0.3 is 9.64 Å². The van der Waals surface area contributed by atoms with Crippen LogP contribution in [0.2, 0.25) is 0 Å². The monoisotopic (exact) mass is 285 g/mol. The van der Waals surface area contributed by atoms with Crippen molar-refractivity contribution in [3.8, 4) is 0 Å². The van der Waals surface area contributed by atoms with Gasteiger partial charge >= 0.3 is 5.97 Å². The zero-order valence-corrected chi connectivity index (χ0v) is 13.5. The summed E-state index contributed by atoms with van der Waals surface area (Å²) in [7, 11) is 5.06. The van der Waals surface area contributed by atoms with Gasteiger partial charge in [0, 0.05) is 26.9 Å². The average molecular weight is 285 g/mol. The lowest BCUT2D eigenvalue weighted by Gasteiger charge is -2.09. The van der Waals surface area contributed by atoms with Crippen molar-refractivity contribution >= 4 is 11.9 Å². The van der Waals surface area contributed by atoms with E-state index >= 15 is 0 Å². The summed E-state index contributed by atoms with van der Waals surface area (Å²) in [5.74, 6) is 0.132. The summed E-state index contributed by atoms with van der Waals surface area (Å²) >= 11 is 0. The molecule has 0 aliphatic heterocycles. The first-order chi connectivity index (χ1) is 9.57. The molecule has 0 fully saturated rings. The molecule has 1 amide bonds. The van der Waals surface area contributed by atoms with E-state index in [1.807, 2.05) is 14.1 Å². The highest BCUT2D eigenvalue weighted by Gasteiger charge is 2.02. The number of hydrogen-bond donors (Lipinski definition) is 0. The topological polar surface area (TPSA) is 46.6 Å². The number of nitrogens with zero attached hydrogens (tertiary/aromatic N) is 1. The van der Waals surface area contributed by atoms with Crippen LogP contribution in [0.4, 0.5) is 0 Å². The third kappa shape index (κ3) is 12.0. The number of rotatable bonds is 12. The van der Waals surface area contributed by atoms with Gasteiger partial charge in [0.2, 0.25) is 5.91 Å². The zero-order chi connectivity index (χ0) is 15.2. The van der Waals surface area contributed by atoms with E-state index in [-0.39, 0.29) is 11.9 Å². The third-order valence-electron chi connectivity index (χ3n) is 3.50. The van der Waals surface area contributed by atoms with Crippen LogP contribution in [0.3, 0.4) is 0 Å². The molecule has 0 bridgehead atoms. The number of hydrogen-bond acceptors (Lipinski definition) is 3. The molecule has 0 rings (SSSR count). The number of ether oxygens (including phenoxy) is 1. The number of amides is 1. The van der Waals surface area contributed by atoms with Gasteiger partial charge in [0.1, 0.15) is 0 Å². The molecule has 20 heavy (non-hydrogen) atoms. The highest BCUT2D eigenvalue weighted by atomic mass is 16.5. The minimum absolute atomic E-state index is 0.0997. The van der Waals surface area contributed by atoms with E-state index in [2.05, 4.69) is 4.74 Å². The van der Waals surface area contributed by atoms with Crippen molar-refractivity contribution in [2.75, 3.05) is 21.2 Å².